The van der Waals surface area contributed by atoms with Crippen LogP contribution in [-0.2, 0) is 4.84 Å². The topological polar surface area (TPSA) is 52.4 Å². The lowest BCUT2D eigenvalue weighted by atomic mass is 9.80. The third-order valence-electron chi connectivity index (χ3n) is 2.93. The number of nitrogens with zero attached hydrogens (tertiary/aromatic N) is 1. The summed E-state index contributed by atoms with van der Waals surface area (Å²) in [5, 5.41) is 9.60. The van der Waals surface area contributed by atoms with Crippen molar-refractivity contribution in [3.05, 3.63) is 21.8 Å². The molecule has 0 amide bonds. The Balaban J connectivity index is 2.60. The molecule has 0 aromatic carbocycles. The third-order valence-corrected chi connectivity index (χ3v) is 2.93. The first-order valence-electron chi connectivity index (χ1n) is 4.91. The van der Waals surface area contributed by atoms with E-state index < -0.39 is 10.7 Å². The molecule has 0 heterocycles. The van der Waals surface area contributed by atoms with Crippen LogP contribution in [0.15, 0.2) is 11.6 Å². The molecule has 1 atom stereocenters. The first-order valence-corrected chi connectivity index (χ1v) is 4.91. The van der Waals surface area contributed by atoms with Gasteiger partial charge in [0.1, 0.15) is 5.60 Å². The SMILES string of the molecule is CC1=CCC(C(C)(C)O[N+](=O)[O-])CC1. The predicted molar refractivity (Wildman–Crippen MR) is 53.3 cm³/mol. The highest BCUT2D eigenvalue weighted by molar-refractivity contribution is 5.05. The number of allylic oxidation sites excluding steroid dienone is 2. The van der Waals surface area contributed by atoms with E-state index in [1.807, 2.05) is 0 Å². The molecule has 4 heteroatoms. The third kappa shape index (κ3) is 2.72. The summed E-state index contributed by atoms with van der Waals surface area (Å²) in [7, 11) is 0. The van der Waals surface area contributed by atoms with Crippen LogP contribution in [0.2, 0.25) is 0 Å². The second-order valence-electron chi connectivity index (χ2n) is 4.44. The van der Waals surface area contributed by atoms with Gasteiger partial charge in [-0.25, -0.2) is 0 Å². The summed E-state index contributed by atoms with van der Waals surface area (Å²) in [5.74, 6) is 0.247. The van der Waals surface area contributed by atoms with Gasteiger partial charge >= 0.3 is 0 Å². The van der Waals surface area contributed by atoms with Crippen LogP contribution in [0.4, 0.5) is 0 Å². The van der Waals surface area contributed by atoms with Crippen molar-refractivity contribution in [2.45, 2.75) is 45.6 Å². The molecule has 0 aromatic rings. The van der Waals surface area contributed by atoms with Gasteiger partial charge in [0.25, 0.3) is 5.09 Å². The maximum absolute atomic E-state index is 10.3. The van der Waals surface area contributed by atoms with E-state index in [1.54, 1.807) is 13.8 Å². The van der Waals surface area contributed by atoms with Gasteiger partial charge in [0, 0.05) is 0 Å². The second kappa shape index (κ2) is 3.98. The Morgan fingerprint density at radius 3 is 2.71 bits per heavy atom. The monoisotopic (exact) mass is 199 g/mol. The van der Waals surface area contributed by atoms with Crippen LogP contribution in [-0.4, -0.2) is 10.7 Å². The van der Waals surface area contributed by atoms with Crippen molar-refractivity contribution >= 4 is 0 Å². The molecule has 0 fully saturated rings. The predicted octanol–water partition coefficient (Wildman–Crippen LogP) is 2.72. The van der Waals surface area contributed by atoms with Crippen LogP contribution in [0.5, 0.6) is 0 Å². The highest BCUT2D eigenvalue weighted by Gasteiger charge is 2.33. The average Bonchev–Trinajstić information content (AvgIpc) is 2.02. The van der Waals surface area contributed by atoms with E-state index in [0.717, 1.165) is 19.3 Å². The molecule has 0 saturated heterocycles. The number of hydrogen-bond acceptors (Lipinski definition) is 3. The van der Waals surface area contributed by atoms with Gasteiger partial charge in [-0.2, -0.15) is 0 Å². The van der Waals surface area contributed by atoms with Crippen LogP contribution in [0.1, 0.15) is 40.0 Å². The fraction of sp³-hybridized carbons (Fsp3) is 0.800. The van der Waals surface area contributed by atoms with Gasteiger partial charge in [-0.1, -0.05) is 11.6 Å². The van der Waals surface area contributed by atoms with E-state index in [1.165, 1.54) is 5.57 Å². The fourth-order valence-electron chi connectivity index (χ4n) is 1.86. The first kappa shape index (κ1) is 11.0. The number of hydrogen-bond donors (Lipinski definition) is 0. The van der Waals surface area contributed by atoms with Crippen LogP contribution < -0.4 is 0 Å². The molecule has 0 radical (unpaired) electrons. The van der Waals surface area contributed by atoms with Gasteiger partial charge in [0.15, 0.2) is 0 Å². The normalized spacial score (nSPS) is 22.8. The molecule has 1 unspecified atom stereocenters. The molecular weight excluding hydrogens is 182 g/mol. The molecule has 1 aliphatic rings. The Kier molecular flexibility index (Phi) is 3.13. The van der Waals surface area contributed by atoms with E-state index in [2.05, 4.69) is 13.0 Å². The van der Waals surface area contributed by atoms with E-state index in [0.29, 0.717) is 0 Å². The molecule has 0 saturated carbocycles. The molecule has 0 bridgehead atoms. The minimum Gasteiger partial charge on any atom is -0.308 e. The van der Waals surface area contributed by atoms with E-state index >= 15 is 0 Å². The maximum atomic E-state index is 10.3. The maximum Gasteiger partial charge on any atom is 0.295 e. The largest absolute Gasteiger partial charge is 0.308 e. The summed E-state index contributed by atoms with van der Waals surface area (Å²) in [6.45, 7) is 5.67. The zero-order chi connectivity index (χ0) is 10.8. The summed E-state index contributed by atoms with van der Waals surface area (Å²) in [5.41, 5.74) is 0.707. The van der Waals surface area contributed by atoms with Crippen LogP contribution in [0.25, 0.3) is 0 Å². The minimum absolute atomic E-state index is 0.247. The smallest absolute Gasteiger partial charge is 0.295 e. The second-order valence-corrected chi connectivity index (χ2v) is 4.44. The Hall–Kier alpha value is -1.06. The van der Waals surface area contributed by atoms with Crippen molar-refractivity contribution in [2.75, 3.05) is 0 Å². The highest BCUT2D eigenvalue weighted by Crippen LogP contribution is 2.33. The molecule has 1 rings (SSSR count). The van der Waals surface area contributed by atoms with Gasteiger partial charge in [-0.15, -0.1) is 10.1 Å². The highest BCUT2D eigenvalue weighted by atomic mass is 17.0. The Morgan fingerprint density at radius 2 is 2.29 bits per heavy atom. The molecule has 0 spiro atoms. The van der Waals surface area contributed by atoms with Gasteiger partial charge in [-0.3, -0.25) is 0 Å². The van der Waals surface area contributed by atoms with Crippen molar-refractivity contribution in [3.63, 3.8) is 0 Å². The molecule has 80 valence electrons. The van der Waals surface area contributed by atoms with E-state index in [-0.39, 0.29) is 5.92 Å². The van der Waals surface area contributed by atoms with Crippen LogP contribution in [0.3, 0.4) is 0 Å². The average molecular weight is 199 g/mol. The summed E-state index contributed by atoms with van der Waals surface area (Å²) in [4.78, 5) is 15.0. The molecular formula is C10H17NO3. The van der Waals surface area contributed by atoms with Crippen molar-refractivity contribution in [3.8, 4) is 0 Å². The summed E-state index contributed by atoms with van der Waals surface area (Å²) >= 11 is 0. The lowest BCUT2D eigenvalue weighted by Gasteiger charge is -2.33. The van der Waals surface area contributed by atoms with Gasteiger partial charge in [0.2, 0.25) is 0 Å². The van der Waals surface area contributed by atoms with Gasteiger partial charge in [-0.05, 0) is 46.0 Å². The number of rotatable bonds is 3. The van der Waals surface area contributed by atoms with E-state index in [9.17, 15) is 10.1 Å². The van der Waals surface area contributed by atoms with E-state index in [4.69, 9.17) is 4.84 Å². The summed E-state index contributed by atoms with van der Waals surface area (Å²) < 4.78 is 0. The van der Waals surface area contributed by atoms with Crippen LogP contribution >= 0.6 is 0 Å². The summed E-state index contributed by atoms with van der Waals surface area (Å²) in [6, 6.07) is 0. The fourth-order valence-corrected chi connectivity index (χ4v) is 1.86. The van der Waals surface area contributed by atoms with Crippen molar-refractivity contribution in [1.82, 2.24) is 0 Å². The first-order chi connectivity index (χ1) is 6.42. The zero-order valence-corrected chi connectivity index (χ0v) is 8.95. The van der Waals surface area contributed by atoms with Gasteiger partial charge < -0.3 is 4.84 Å². The minimum atomic E-state index is -0.689. The van der Waals surface area contributed by atoms with Crippen molar-refractivity contribution in [2.24, 2.45) is 5.92 Å². The zero-order valence-electron chi connectivity index (χ0n) is 8.95. The lowest BCUT2D eigenvalue weighted by molar-refractivity contribution is -0.781. The lowest BCUT2D eigenvalue weighted by Crippen LogP contribution is -2.37. The van der Waals surface area contributed by atoms with Crippen LogP contribution in [0, 0.1) is 16.0 Å². The van der Waals surface area contributed by atoms with Gasteiger partial charge in [0.05, 0.1) is 0 Å². The molecule has 0 N–H and O–H groups in total. The molecule has 0 aromatic heterocycles. The summed E-state index contributed by atoms with van der Waals surface area (Å²) in [6.07, 6.45) is 5.03. The molecule has 1 aliphatic carbocycles. The Bertz CT molecular complexity index is 258. The van der Waals surface area contributed by atoms with Crippen molar-refractivity contribution in [1.29, 1.82) is 0 Å². The molecule has 0 aliphatic heterocycles. The van der Waals surface area contributed by atoms with Crippen molar-refractivity contribution < 1.29 is 9.92 Å². The standard InChI is InChI=1S/C10H17NO3/c1-8-4-6-9(7-5-8)10(2,3)14-11(12)13/h4,9H,5-7H2,1-3H3. The molecule has 14 heavy (non-hydrogen) atoms. The molecule has 4 nitrogen and oxygen atoms in total. The Labute approximate surface area is 84.0 Å². The quantitative estimate of drug-likeness (QED) is 0.399. The Morgan fingerprint density at radius 1 is 1.64 bits per heavy atom.